The van der Waals surface area contributed by atoms with Crippen LogP contribution in [-0.2, 0) is 0 Å². The quantitative estimate of drug-likeness (QED) is 0.609. The second kappa shape index (κ2) is 5.38. The third-order valence-electron chi connectivity index (χ3n) is 2.78. The van der Waals surface area contributed by atoms with Gasteiger partial charge in [0.05, 0.1) is 6.67 Å². The predicted molar refractivity (Wildman–Crippen MR) is 54.6 cm³/mol. The minimum atomic E-state index is -0.131. The first kappa shape index (κ1) is 10.7. The van der Waals surface area contributed by atoms with E-state index in [0.29, 0.717) is 5.92 Å². The second-order valence-electron chi connectivity index (χ2n) is 4.15. The molecule has 76 valence electrons. The summed E-state index contributed by atoms with van der Waals surface area (Å²) in [6, 6.07) is 0. The van der Waals surface area contributed by atoms with E-state index in [-0.39, 0.29) is 6.67 Å². The predicted octanol–water partition coefficient (Wildman–Crippen LogP) is 2.63. The summed E-state index contributed by atoms with van der Waals surface area (Å²) in [6.07, 6.45) is 3.15. The molecule has 1 nitrogen and oxygen atoms in total. The van der Waals surface area contributed by atoms with E-state index in [1.165, 1.54) is 5.57 Å². The summed E-state index contributed by atoms with van der Waals surface area (Å²) in [5.41, 5.74) is 1.24. The van der Waals surface area contributed by atoms with E-state index in [2.05, 4.69) is 18.4 Å². The standard InChI is InChI=1S/C11H20FN/c1-10(2)3-6-13-7-4-11(9-12)5-8-13/h11H,1,3-9H2,2H3. The molecule has 0 aromatic rings. The summed E-state index contributed by atoms with van der Waals surface area (Å²) in [4.78, 5) is 2.42. The summed E-state index contributed by atoms with van der Waals surface area (Å²) in [7, 11) is 0. The first-order chi connectivity index (χ1) is 6.22. The first-order valence-corrected chi connectivity index (χ1v) is 5.15. The van der Waals surface area contributed by atoms with Crippen LogP contribution >= 0.6 is 0 Å². The third kappa shape index (κ3) is 3.90. The van der Waals surface area contributed by atoms with Gasteiger partial charge in [-0.15, -0.1) is 6.58 Å². The molecule has 1 aliphatic heterocycles. The number of nitrogens with zero attached hydrogens (tertiary/aromatic N) is 1. The topological polar surface area (TPSA) is 3.24 Å². The number of rotatable bonds is 4. The van der Waals surface area contributed by atoms with Crippen molar-refractivity contribution in [2.75, 3.05) is 26.3 Å². The normalized spacial score (nSPS) is 20.5. The van der Waals surface area contributed by atoms with Crippen molar-refractivity contribution in [3.05, 3.63) is 12.2 Å². The van der Waals surface area contributed by atoms with Crippen molar-refractivity contribution >= 4 is 0 Å². The maximum absolute atomic E-state index is 12.3. The molecule has 1 heterocycles. The number of hydrogen-bond donors (Lipinski definition) is 0. The molecule has 13 heavy (non-hydrogen) atoms. The van der Waals surface area contributed by atoms with Crippen LogP contribution in [0.1, 0.15) is 26.2 Å². The fourth-order valence-electron chi connectivity index (χ4n) is 1.71. The average Bonchev–Trinajstić information content (AvgIpc) is 2.15. The number of alkyl halides is 1. The van der Waals surface area contributed by atoms with Crippen LogP contribution in [0.25, 0.3) is 0 Å². The Hall–Kier alpha value is -0.370. The first-order valence-electron chi connectivity index (χ1n) is 5.15. The van der Waals surface area contributed by atoms with Gasteiger partial charge in [-0.05, 0) is 45.2 Å². The zero-order valence-corrected chi connectivity index (χ0v) is 8.56. The molecule has 1 rings (SSSR count). The molecule has 1 fully saturated rings. The number of hydrogen-bond acceptors (Lipinski definition) is 1. The Balaban J connectivity index is 2.14. The number of likely N-dealkylation sites (tertiary alicyclic amines) is 1. The SMILES string of the molecule is C=C(C)CCN1CCC(CF)CC1. The fourth-order valence-corrected chi connectivity index (χ4v) is 1.71. The summed E-state index contributed by atoms with van der Waals surface area (Å²) < 4.78 is 12.3. The highest BCUT2D eigenvalue weighted by atomic mass is 19.1. The van der Waals surface area contributed by atoms with Crippen molar-refractivity contribution in [3.8, 4) is 0 Å². The van der Waals surface area contributed by atoms with Crippen LogP contribution < -0.4 is 0 Å². The Bertz CT molecular complexity index is 159. The summed E-state index contributed by atoms with van der Waals surface area (Å²) >= 11 is 0. The van der Waals surface area contributed by atoms with Crippen LogP contribution in [0.15, 0.2) is 12.2 Å². The molecule has 2 heteroatoms. The van der Waals surface area contributed by atoms with Gasteiger partial charge < -0.3 is 4.90 Å². The molecule has 0 N–H and O–H groups in total. The minimum absolute atomic E-state index is 0.131. The summed E-state index contributed by atoms with van der Waals surface area (Å²) in [6.45, 7) is 9.07. The van der Waals surface area contributed by atoms with Crippen molar-refractivity contribution in [2.24, 2.45) is 5.92 Å². The monoisotopic (exact) mass is 185 g/mol. The van der Waals surface area contributed by atoms with Gasteiger partial charge in [0.25, 0.3) is 0 Å². The maximum Gasteiger partial charge on any atom is 0.0923 e. The Kier molecular flexibility index (Phi) is 4.43. The van der Waals surface area contributed by atoms with Gasteiger partial charge in [-0.2, -0.15) is 0 Å². The minimum Gasteiger partial charge on any atom is -0.303 e. The lowest BCUT2D eigenvalue weighted by Crippen LogP contribution is -2.35. The molecule has 0 aliphatic carbocycles. The van der Waals surface area contributed by atoms with E-state index in [1.807, 2.05) is 0 Å². The van der Waals surface area contributed by atoms with Gasteiger partial charge >= 0.3 is 0 Å². The van der Waals surface area contributed by atoms with Crippen molar-refractivity contribution in [1.29, 1.82) is 0 Å². The summed E-state index contributed by atoms with van der Waals surface area (Å²) in [5.74, 6) is 0.334. The molecule has 0 saturated carbocycles. The van der Waals surface area contributed by atoms with Gasteiger partial charge in [0.15, 0.2) is 0 Å². The Labute approximate surface area is 80.6 Å². The van der Waals surface area contributed by atoms with E-state index in [0.717, 1.165) is 38.9 Å². The zero-order valence-electron chi connectivity index (χ0n) is 8.56. The highest BCUT2D eigenvalue weighted by Gasteiger charge is 2.18. The molecular weight excluding hydrogens is 165 g/mol. The Morgan fingerprint density at radius 1 is 1.46 bits per heavy atom. The summed E-state index contributed by atoms with van der Waals surface area (Å²) in [5, 5.41) is 0. The van der Waals surface area contributed by atoms with Crippen LogP contribution in [0, 0.1) is 5.92 Å². The Morgan fingerprint density at radius 2 is 2.08 bits per heavy atom. The molecule has 1 saturated heterocycles. The van der Waals surface area contributed by atoms with E-state index in [9.17, 15) is 4.39 Å². The number of halogens is 1. The van der Waals surface area contributed by atoms with Crippen molar-refractivity contribution in [2.45, 2.75) is 26.2 Å². The molecular formula is C11H20FN. The molecule has 0 atom stereocenters. The third-order valence-corrected chi connectivity index (χ3v) is 2.78. The molecule has 0 radical (unpaired) electrons. The van der Waals surface area contributed by atoms with Crippen LogP contribution in [-0.4, -0.2) is 31.2 Å². The van der Waals surface area contributed by atoms with E-state index in [1.54, 1.807) is 0 Å². The molecule has 1 aliphatic rings. The number of piperidine rings is 1. The zero-order chi connectivity index (χ0) is 9.68. The fraction of sp³-hybridized carbons (Fsp3) is 0.818. The van der Waals surface area contributed by atoms with Crippen molar-refractivity contribution in [1.82, 2.24) is 4.90 Å². The van der Waals surface area contributed by atoms with Gasteiger partial charge in [0.2, 0.25) is 0 Å². The highest BCUT2D eigenvalue weighted by Crippen LogP contribution is 2.17. The van der Waals surface area contributed by atoms with E-state index >= 15 is 0 Å². The van der Waals surface area contributed by atoms with Crippen molar-refractivity contribution < 1.29 is 4.39 Å². The van der Waals surface area contributed by atoms with Gasteiger partial charge in [-0.1, -0.05) is 5.57 Å². The lowest BCUT2D eigenvalue weighted by molar-refractivity contribution is 0.167. The van der Waals surface area contributed by atoms with Gasteiger partial charge in [-0.3, -0.25) is 4.39 Å². The average molecular weight is 185 g/mol. The molecule has 0 amide bonds. The van der Waals surface area contributed by atoms with Crippen LogP contribution in [0.5, 0.6) is 0 Å². The van der Waals surface area contributed by atoms with E-state index in [4.69, 9.17) is 0 Å². The Morgan fingerprint density at radius 3 is 2.54 bits per heavy atom. The van der Waals surface area contributed by atoms with Gasteiger partial charge in [0.1, 0.15) is 0 Å². The largest absolute Gasteiger partial charge is 0.303 e. The molecule has 0 unspecified atom stereocenters. The van der Waals surface area contributed by atoms with Gasteiger partial charge in [-0.25, -0.2) is 0 Å². The molecule has 0 bridgehead atoms. The molecule has 0 aromatic heterocycles. The van der Waals surface area contributed by atoms with Gasteiger partial charge in [0, 0.05) is 6.54 Å². The second-order valence-corrected chi connectivity index (χ2v) is 4.15. The van der Waals surface area contributed by atoms with E-state index < -0.39 is 0 Å². The molecule has 0 spiro atoms. The van der Waals surface area contributed by atoms with Crippen LogP contribution in [0.4, 0.5) is 4.39 Å². The van der Waals surface area contributed by atoms with Crippen molar-refractivity contribution in [3.63, 3.8) is 0 Å². The lowest BCUT2D eigenvalue weighted by atomic mass is 9.98. The highest BCUT2D eigenvalue weighted by molar-refractivity contribution is 4.89. The smallest absolute Gasteiger partial charge is 0.0923 e. The van der Waals surface area contributed by atoms with Crippen LogP contribution in [0.2, 0.25) is 0 Å². The maximum atomic E-state index is 12.3. The van der Waals surface area contributed by atoms with Crippen LogP contribution in [0.3, 0.4) is 0 Å². The lowest BCUT2D eigenvalue weighted by Gasteiger charge is -2.30. The molecule has 0 aromatic carbocycles.